The van der Waals surface area contributed by atoms with E-state index in [-0.39, 0.29) is 49.2 Å². The molecule has 7 nitrogen and oxygen atoms in total. The van der Waals surface area contributed by atoms with Gasteiger partial charge >= 0.3 is 0 Å². The molecule has 0 radical (unpaired) electrons. The fourth-order valence-electron chi connectivity index (χ4n) is 3.04. The molecule has 9 heteroatoms. The number of nitrogens with zero attached hydrogens (tertiary/aromatic N) is 1. The predicted octanol–water partition coefficient (Wildman–Crippen LogP) is 2.41. The molecule has 0 atom stereocenters. The number of benzene rings is 1. The Morgan fingerprint density at radius 2 is 1.82 bits per heavy atom. The van der Waals surface area contributed by atoms with Gasteiger partial charge in [-0.1, -0.05) is 18.2 Å². The first-order chi connectivity index (χ1) is 12.6. The van der Waals surface area contributed by atoms with Crippen molar-refractivity contribution in [1.29, 1.82) is 0 Å². The SMILES string of the molecule is Cl.Cl.NCc1cc(C(=O)NC2CCN(CC(=O)Nc3ccccc3)CC2)co1. The predicted molar refractivity (Wildman–Crippen MR) is 113 cm³/mol. The molecule has 1 aliphatic heterocycles. The summed E-state index contributed by atoms with van der Waals surface area (Å²) >= 11 is 0. The minimum absolute atomic E-state index is 0. The van der Waals surface area contributed by atoms with Crippen molar-refractivity contribution < 1.29 is 14.0 Å². The van der Waals surface area contributed by atoms with E-state index in [1.54, 1.807) is 6.07 Å². The number of nitrogens with one attached hydrogen (secondary N) is 2. The molecule has 1 aromatic heterocycles. The second kappa shape index (κ2) is 11.7. The van der Waals surface area contributed by atoms with Crippen LogP contribution in [0.5, 0.6) is 0 Å². The first-order valence-electron chi connectivity index (χ1n) is 8.79. The molecule has 3 rings (SSSR count). The first kappa shape index (κ1) is 24.0. The van der Waals surface area contributed by atoms with Gasteiger partial charge in [-0.25, -0.2) is 0 Å². The van der Waals surface area contributed by atoms with Crippen LogP contribution in [-0.2, 0) is 11.3 Å². The summed E-state index contributed by atoms with van der Waals surface area (Å²) in [4.78, 5) is 26.4. The smallest absolute Gasteiger partial charge is 0.254 e. The molecule has 154 valence electrons. The van der Waals surface area contributed by atoms with Crippen LogP contribution in [0.1, 0.15) is 29.0 Å². The Bertz CT molecular complexity index is 747. The van der Waals surface area contributed by atoms with Gasteiger partial charge in [0, 0.05) is 24.8 Å². The minimum Gasteiger partial charge on any atom is -0.467 e. The van der Waals surface area contributed by atoms with Crippen LogP contribution in [0.25, 0.3) is 0 Å². The number of carbonyl (C=O) groups excluding carboxylic acids is 2. The average Bonchev–Trinajstić information content (AvgIpc) is 3.13. The fraction of sp³-hybridized carbons (Fsp3) is 0.368. The zero-order valence-corrected chi connectivity index (χ0v) is 17.1. The number of hydrogen-bond acceptors (Lipinski definition) is 5. The number of amides is 2. The molecule has 1 saturated heterocycles. The number of furan rings is 1. The highest BCUT2D eigenvalue weighted by atomic mass is 35.5. The second-order valence-corrected chi connectivity index (χ2v) is 6.44. The van der Waals surface area contributed by atoms with Crippen molar-refractivity contribution in [3.63, 3.8) is 0 Å². The highest BCUT2D eigenvalue weighted by Crippen LogP contribution is 2.13. The van der Waals surface area contributed by atoms with Crippen LogP contribution in [0.3, 0.4) is 0 Å². The van der Waals surface area contributed by atoms with Crippen molar-refractivity contribution in [2.24, 2.45) is 5.73 Å². The molecule has 4 N–H and O–H groups in total. The molecule has 1 aliphatic rings. The van der Waals surface area contributed by atoms with Gasteiger partial charge in [-0.15, -0.1) is 24.8 Å². The highest BCUT2D eigenvalue weighted by Gasteiger charge is 2.23. The quantitative estimate of drug-likeness (QED) is 0.655. The molecular weight excluding hydrogens is 403 g/mol. The van der Waals surface area contributed by atoms with Crippen LogP contribution < -0.4 is 16.4 Å². The molecule has 2 heterocycles. The number of rotatable bonds is 6. The Kier molecular flexibility index (Phi) is 10.0. The largest absolute Gasteiger partial charge is 0.467 e. The third kappa shape index (κ3) is 6.83. The molecule has 0 aliphatic carbocycles. The van der Waals surface area contributed by atoms with E-state index < -0.39 is 0 Å². The molecular formula is C19H26Cl2N4O3. The number of anilines is 1. The summed E-state index contributed by atoms with van der Waals surface area (Å²) in [6, 6.07) is 11.2. The number of hydrogen-bond donors (Lipinski definition) is 3. The monoisotopic (exact) mass is 428 g/mol. The summed E-state index contributed by atoms with van der Waals surface area (Å²) in [7, 11) is 0. The Balaban J connectivity index is 0.00000196. The zero-order chi connectivity index (χ0) is 18.4. The Labute approximate surface area is 176 Å². The summed E-state index contributed by atoms with van der Waals surface area (Å²) in [6.45, 7) is 2.17. The van der Waals surface area contributed by atoms with E-state index in [2.05, 4.69) is 15.5 Å². The van der Waals surface area contributed by atoms with Crippen LogP contribution in [0.2, 0.25) is 0 Å². The van der Waals surface area contributed by atoms with Gasteiger partial charge in [0.1, 0.15) is 12.0 Å². The normalized spacial score (nSPS) is 14.5. The van der Waals surface area contributed by atoms with E-state index in [0.717, 1.165) is 31.6 Å². The summed E-state index contributed by atoms with van der Waals surface area (Å²) in [5.74, 6) is 0.425. The Hall–Kier alpha value is -2.06. The summed E-state index contributed by atoms with van der Waals surface area (Å²) in [6.07, 6.45) is 3.05. The summed E-state index contributed by atoms with van der Waals surface area (Å²) in [5, 5.41) is 5.91. The van der Waals surface area contributed by atoms with E-state index in [0.29, 0.717) is 17.9 Å². The lowest BCUT2D eigenvalue weighted by molar-refractivity contribution is -0.117. The Morgan fingerprint density at radius 3 is 2.43 bits per heavy atom. The van der Waals surface area contributed by atoms with Gasteiger partial charge in [-0.05, 0) is 31.0 Å². The van der Waals surface area contributed by atoms with E-state index >= 15 is 0 Å². The van der Waals surface area contributed by atoms with Crippen LogP contribution in [0.15, 0.2) is 47.1 Å². The van der Waals surface area contributed by atoms with E-state index in [4.69, 9.17) is 10.2 Å². The van der Waals surface area contributed by atoms with Crippen molar-refractivity contribution in [3.05, 3.63) is 54.0 Å². The summed E-state index contributed by atoms with van der Waals surface area (Å²) in [5.41, 5.74) is 6.79. The van der Waals surface area contributed by atoms with Gasteiger partial charge in [0.2, 0.25) is 5.91 Å². The number of nitrogens with two attached hydrogens (primary N) is 1. The van der Waals surface area contributed by atoms with Crippen molar-refractivity contribution in [3.8, 4) is 0 Å². The first-order valence-corrected chi connectivity index (χ1v) is 8.79. The van der Waals surface area contributed by atoms with Crippen molar-refractivity contribution >= 4 is 42.3 Å². The molecule has 1 fully saturated rings. The molecule has 1 aromatic carbocycles. The number of halogens is 2. The van der Waals surface area contributed by atoms with Crippen LogP contribution in [0, 0.1) is 0 Å². The third-order valence-electron chi connectivity index (χ3n) is 4.46. The lowest BCUT2D eigenvalue weighted by atomic mass is 10.0. The molecule has 28 heavy (non-hydrogen) atoms. The standard InChI is InChI=1S/C19H24N4O3.2ClH/c20-11-17-10-14(13-26-17)19(25)22-16-6-8-23(9-7-16)12-18(24)21-15-4-2-1-3-5-15;;/h1-5,10,13,16H,6-9,11-12,20H2,(H,21,24)(H,22,25);2*1H. The van der Waals surface area contributed by atoms with Gasteiger partial charge in [0.25, 0.3) is 5.91 Å². The van der Waals surface area contributed by atoms with Gasteiger partial charge in [0.05, 0.1) is 18.7 Å². The maximum Gasteiger partial charge on any atom is 0.254 e. The molecule has 0 unspecified atom stereocenters. The van der Waals surface area contributed by atoms with Crippen molar-refractivity contribution in [1.82, 2.24) is 10.2 Å². The minimum atomic E-state index is -0.145. The van der Waals surface area contributed by atoms with Crippen LogP contribution >= 0.6 is 24.8 Å². The number of para-hydroxylation sites is 1. The van der Waals surface area contributed by atoms with Gasteiger partial charge in [-0.3, -0.25) is 14.5 Å². The van der Waals surface area contributed by atoms with E-state index in [1.807, 2.05) is 30.3 Å². The molecule has 2 amide bonds. The Morgan fingerprint density at radius 1 is 1.14 bits per heavy atom. The maximum atomic E-state index is 12.2. The maximum absolute atomic E-state index is 12.2. The number of likely N-dealkylation sites (tertiary alicyclic amines) is 1. The van der Waals surface area contributed by atoms with Gasteiger partial charge in [0.15, 0.2) is 0 Å². The number of piperidine rings is 1. The van der Waals surface area contributed by atoms with Gasteiger partial charge in [-0.2, -0.15) is 0 Å². The van der Waals surface area contributed by atoms with Gasteiger partial charge < -0.3 is 20.8 Å². The lowest BCUT2D eigenvalue weighted by Crippen LogP contribution is -2.46. The zero-order valence-electron chi connectivity index (χ0n) is 15.4. The fourth-order valence-corrected chi connectivity index (χ4v) is 3.04. The third-order valence-corrected chi connectivity index (χ3v) is 4.46. The van der Waals surface area contributed by atoms with E-state index in [1.165, 1.54) is 6.26 Å². The molecule has 0 spiro atoms. The molecule has 2 aromatic rings. The second-order valence-electron chi connectivity index (χ2n) is 6.44. The highest BCUT2D eigenvalue weighted by molar-refractivity contribution is 5.94. The molecule has 0 saturated carbocycles. The molecule has 0 bridgehead atoms. The lowest BCUT2D eigenvalue weighted by Gasteiger charge is -2.31. The van der Waals surface area contributed by atoms with E-state index in [9.17, 15) is 9.59 Å². The summed E-state index contributed by atoms with van der Waals surface area (Å²) < 4.78 is 5.20. The number of carbonyl (C=O) groups is 2. The van der Waals surface area contributed by atoms with Crippen LogP contribution in [0.4, 0.5) is 5.69 Å². The topological polar surface area (TPSA) is 101 Å². The van der Waals surface area contributed by atoms with Crippen molar-refractivity contribution in [2.45, 2.75) is 25.4 Å². The average molecular weight is 429 g/mol. The van der Waals surface area contributed by atoms with Crippen LogP contribution in [-0.4, -0.2) is 42.4 Å². The van der Waals surface area contributed by atoms with Crippen molar-refractivity contribution in [2.75, 3.05) is 25.0 Å².